The van der Waals surface area contributed by atoms with Crippen LogP contribution in [0.25, 0.3) is 0 Å². The summed E-state index contributed by atoms with van der Waals surface area (Å²) >= 11 is 0. The first-order valence-electron chi connectivity index (χ1n) is 8.51. The minimum atomic E-state index is -0.600. The normalized spacial score (nSPS) is 20.6. The molecule has 1 fully saturated rings. The first-order chi connectivity index (χ1) is 11.2. The first-order valence-corrected chi connectivity index (χ1v) is 11.0. The molecule has 1 heterocycles. The Morgan fingerprint density at radius 1 is 1.08 bits per heavy atom. The molecule has 1 aliphatic rings. The highest BCUT2D eigenvalue weighted by atomic mass is 28.3. The van der Waals surface area contributed by atoms with Gasteiger partial charge in [0.1, 0.15) is 6.79 Å². The van der Waals surface area contributed by atoms with Crippen molar-refractivity contribution in [3.8, 4) is 0 Å². The van der Waals surface area contributed by atoms with Crippen LogP contribution in [0.1, 0.15) is 39.1 Å². The number of methoxy groups -OCH3 is 1. The smallest absolute Gasteiger partial charge is 0.403 e. The molecule has 0 saturated carbocycles. The van der Waals surface area contributed by atoms with Crippen LogP contribution in [0.3, 0.4) is 0 Å². The summed E-state index contributed by atoms with van der Waals surface area (Å²) in [6.45, 7) is 13.7. The van der Waals surface area contributed by atoms with Crippen LogP contribution in [0, 0.1) is 0 Å². The Labute approximate surface area is 148 Å². The second kappa shape index (κ2) is 7.70. The molecule has 4 nitrogen and oxygen atoms in total. The summed E-state index contributed by atoms with van der Waals surface area (Å²) in [5, 5.41) is 1.41. The van der Waals surface area contributed by atoms with E-state index in [1.165, 1.54) is 10.8 Å². The van der Waals surface area contributed by atoms with Crippen molar-refractivity contribution in [2.24, 2.45) is 0 Å². The fourth-order valence-electron chi connectivity index (χ4n) is 2.90. The van der Waals surface area contributed by atoms with Gasteiger partial charge in [-0.15, -0.1) is 0 Å². The third-order valence-electron chi connectivity index (χ3n) is 5.00. The zero-order chi connectivity index (χ0) is 18.0. The van der Waals surface area contributed by atoms with Gasteiger partial charge in [-0.3, -0.25) is 0 Å². The van der Waals surface area contributed by atoms with Gasteiger partial charge in [-0.1, -0.05) is 42.5 Å². The van der Waals surface area contributed by atoms with Crippen LogP contribution in [0.5, 0.6) is 0 Å². The maximum Gasteiger partial charge on any atom is 0.468 e. The molecule has 1 saturated heterocycles. The quantitative estimate of drug-likeness (QED) is 0.431. The predicted octanol–water partition coefficient (Wildman–Crippen LogP) is 2.98. The Balaban J connectivity index is 2.33. The van der Waals surface area contributed by atoms with E-state index in [0.29, 0.717) is 6.61 Å². The van der Waals surface area contributed by atoms with Crippen LogP contribution < -0.4 is 5.19 Å². The summed E-state index contributed by atoms with van der Waals surface area (Å²) in [5.41, 5.74) is 0.572. The molecule has 1 aromatic rings. The highest BCUT2D eigenvalue weighted by molar-refractivity contribution is 6.71. The van der Waals surface area contributed by atoms with Crippen LogP contribution in [-0.2, 0) is 18.8 Å². The van der Waals surface area contributed by atoms with Crippen molar-refractivity contribution in [1.29, 1.82) is 0 Å². The van der Waals surface area contributed by atoms with E-state index in [1.807, 2.05) is 0 Å². The summed E-state index contributed by atoms with van der Waals surface area (Å²) in [6, 6.07) is 8.59. The summed E-state index contributed by atoms with van der Waals surface area (Å²) in [4.78, 5) is 0. The number of rotatable bonds is 7. The molecule has 24 heavy (non-hydrogen) atoms. The fraction of sp³-hybridized carbons (Fsp3) is 0.667. The molecule has 133 valence electrons. The van der Waals surface area contributed by atoms with E-state index in [9.17, 15) is 0 Å². The molecule has 0 N–H and O–H groups in total. The highest BCUT2D eigenvalue weighted by Crippen LogP contribution is 2.40. The van der Waals surface area contributed by atoms with E-state index in [4.69, 9.17) is 18.8 Å². The molecule has 1 aromatic carbocycles. The van der Waals surface area contributed by atoms with Crippen molar-refractivity contribution >= 4 is 21.1 Å². The van der Waals surface area contributed by atoms with Crippen LogP contribution in [0.2, 0.25) is 13.1 Å². The maximum atomic E-state index is 6.31. The maximum absolute atomic E-state index is 6.31. The lowest BCUT2D eigenvalue weighted by atomic mass is 9.68. The van der Waals surface area contributed by atoms with Gasteiger partial charge in [0.05, 0.1) is 26.6 Å². The molecule has 0 amide bonds. The molecule has 1 aliphatic heterocycles. The Kier molecular flexibility index (Phi) is 6.31. The average molecular weight is 349 g/mol. The van der Waals surface area contributed by atoms with Crippen LogP contribution in [0.15, 0.2) is 24.3 Å². The minimum absolute atomic E-state index is 0.0253. The van der Waals surface area contributed by atoms with Crippen molar-refractivity contribution in [2.45, 2.75) is 57.8 Å². The minimum Gasteiger partial charge on any atom is -0.403 e. The van der Waals surface area contributed by atoms with E-state index in [1.54, 1.807) is 7.11 Å². The van der Waals surface area contributed by atoms with Crippen LogP contribution in [0.4, 0.5) is 0 Å². The number of hydrogen-bond donors (Lipinski definition) is 0. The van der Waals surface area contributed by atoms with Gasteiger partial charge in [-0.25, -0.2) is 0 Å². The van der Waals surface area contributed by atoms with Crippen molar-refractivity contribution in [2.75, 3.05) is 20.5 Å². The molecular weight excluding hydrogens is 319 g/mol. The summed E-state index contributed by atoms with van der Waals surface area (Å²) < 4.78 is 23.4. The second-order valence-electron chi connectivity index (χ2n) is 7.60. The lowest BCUT2D eigenvalue weighted by molar-refractivity contribution is -0.0325. The highest BCUT2D eigenvalue weighted by Gasteiger charge is 2.54. The van der Waals surface area contributed by atoms with Crippen molar-refractivity contribution < 1.29 is 18.8 Å². The van der Waals surface area contributed by atoms with Gasteiger partial charge in [0.25, 0.3) is 0 Å². The first kappa shape index (κ1) is 19.7. The Morgan fingerprint density at radius 2 is 1.67 bits per heavy atom. The third kappa shape index (κ3) is 4.11. The van der Waals surface area contributed by atoms with E-state index < -0.39 is 8.80 Å². The lowest BCUT2D eigenvalue weighted by Crippen LogP contribution is -2.41. The van der Waals surface area contributed by atoms with Gasteiger partial charge in [-0.05, 0) is 33.3 Å². The molecule has 1 unspecified atom stereocenters. The predicted molar refractivity (Wildman–Crippen MR) is 100 cm³/mol. The van der Waals surface area contributed by atoms with Crippen molar-refractivity contribution in [1.82, 2.24) is 0 Å². The summed E-state index contributed by atoms with van der Waals surface area (Å²) in [6.07, 6.45) is 0. The molecule has 0 bridgehead atoms. The molecule has 1 radical (unpaired) electrons. The second-order valence-corrected chi connectivity index (χ2v) is 10.1. The van der Waals surface area contributed by atoms with Crippen molar-refractivity contribution in [3.05, 3.63) is 29.8 Å². The number of benzene rings is 1. The zero-order valence-electron chi connectivity index (χ0n) is 16.0. The topological polar surface area (TPSA) is 36.9 Å². The van der Waals surface area contributed by atoms with Gasteiger partial charge < -0.3 is 18.8 Å². The molecule has 1 atom stereocenters. The van der Waals surface area contributed by atoms with E-state index >= 15 is 0 Å². The van der Waals surface area contributed by atoms with Gasteiger partial charge in [0, 0.05) is 12.9 Å². The fourth-order valence-corrected chi connectivity index (χ4v) is 4.18. The monoisotopic (exact) mass is 349 g/mol. The molecular formula is C18H30BO4Si. The average Bonchev–Trinajstić information content (AvgIpc) is 2.71. The molecule has 2 rings (SSSR count). The van der Waals surface area contributed by atoms with Crippen LogP contribution >= 0.6 is 0 Å². The zero-order valence-corrected chi connectivity index (χ0v) is 17.0. The molecule has 0 aliphatic carbocycles. The Bertz CT molecular complexity index is 532. The van der Waals surface area contributed by atoms with E-state index in [0.717, 1.165) is 0 Å². The summed E-state index contributed by atoms with van der Waals surface area (Å²) in [5.74, 6) is 0.0253. The standard InChI is InChI=1S/C18H30BO4Si/c1-17(2)18(3,4)23-19(22-17)15(12-21-13-20-5)14-10-8-9-11-16(14)24(6)7/h8-11,15H,12-13H2,1-7H3. The lowest BCUT2D eigenvalue weighted by Gasteiger charge is -2.32. The largest absolute Gasteiger partial charge is 0.468 e. The SMILES string of the molecule is COCOCC(B1OC(C)(C)C(C)(C)O1)c1ccccc1[Si](C)C. The molecule has 6 heteroatoms. The van der Waals surface area contributed by atoms with Crippen molar-refractivity contribution in [3.63, 3.8) is 0 Å². The van der Waals surface area contributed by atoms with Crippen LogP contribution in [-0.4, -0.2) is 47.6 Å². The third-order valence-corrected chi connectivity index (χ3v) is 6.53. The van der Waals surface area contributed by atoms with Gasteiger partial charge in [-0.2, -0.15) is 0 Å². The van der Waals surface area contributed by atoms with Gasteiger partial charge in [0.2, 0.25) is 0 Å². The Morgan fingerprint density at radius 3 is 2.21 bits per heavy atom. The summed E-state index contributed by atoms with van der Waals surface area (Å²) in [7, 11) is 0.711. The van der Waals surface area contributed by atoms with E-state index in [-0.39, 0.29) is 30.9 Å². The number of ether oxygens (including phenoxy) is 2. The number of hydrogen-bond acceptors (Lipinski definition) is 4. The molecule has 0 spiro atoms. The van der Waals surface area contributed by atoms with Gasteiger partial charge >= 0.3 is 7.12 Å². The van der Waals surface area contributed by atoms with E-state index in [2.05, 4.69) is 65.1 Å². The van der Waals surface area contributed by atoms with Gasteiger partial charge in [0.15, 0.2) is 0 Å². The Hall–Kier alpha value is -0.658. The molecule has 0 aromatic heterocycles.